The monoisotopic (exact) mass is 488 g/mol. The maximum Gasteiger partial charge on any atom is 0.266 e. The third-order valence-corrected chi connectivity index (χ3v) is 5.35. The van der Waals surface area contributed by atoms with Gasteiger partial charge in [0.1, 0.15) is 17.4 Å². The molecule has 6 nitrogen and oxygen atoms in total. The highest BCUT2D eigenvalue weighted by molar-refractivity contribution is 6.35. The van der Waals surface area contributed by atoms with E-state index in [0.717, 1.165) is 11.3 Å². The number of carbonyl (C=O) groups is 1. The van der Waals surface area contributed by atoms with Crippen LogP contribution in [0.25, 0.3) is 23.0 Å². The standard InChI is InChI=1S/C26H18Cl2N4O2/c1-34-24-9-7-17(8-10-24)25-19(16-32(31-25)23-5-3-2-4-6-23)11-18(15-29)26(33)30-22-13-20(27)12-21(28)14-22/h2-14,16H,1H3,(H,30,33). The highest BCUT2D eigenvalue weighted by atomic mass is 35.5. The lowest BCUT2D eigenvalue weighted by molar-refractivity contribution is -0.112. The summed E-state index contributed by atoms with van der Waals surface area (Å²) in [5.41, 5.74) is 3.15. The van der Waals surface area contributed by atoms with Gasteiger partial charge in [0.2, 0.25) is 0 Å². The van der Waals surface area contributed by atoms with Crippen molar-refractivity contribution in [2.75, 3.05) is 12.4 Å². The summed E-state index contributed by atoms with van der Waals surface area (Å²) in [7, 11) is 1.60. The molecule has 4 aromatic rings. The van der Waals surface area contributed by atoms with Crippen molar-refractivity contribution in [3.8, 4) is 28.8 Å². The molecule has 0 spiro atoms. The zero-order chi connectivity index (χ0) is 24.1. The third kappa shape index (κ3) is 5.29. The second-order valence-corrected chi connectivity index (χ2v) is 8.10. The van der Waals surface area contributed by atoms with Gasteiger partial charge in [-0.15, -0.1) is 0 Å². The molecule has 1 N–H and O–H groups in total. The molecule has 0 saturated heterocycles. The van der Waals surface area contributed by atoms with Crippen molar-refractivity contribution >= 4 is 40.9 Å². The van der Waals surface area contributed by atoms with Crippen LogP contribution >= 0.6 is 23.2 Å². The Morgan fingerprint density at radius 2 is 1.74 bits per heavy atom. The largest absolute Gasteiger partial charge is 0.497 e. The first-order valence-corrected chi connectivity index (χ1v) is 10.9. The molecule has 0 saturated carbocycles. The minimum absolute atomic E-state index is 0.0986. The van der Waals surface area contributed by atoms with Gasteiger partial charge in [0.05, 0.1) is 18.5 Å². The van der Waals surface area contributed by atoms with E-state index < -0.39 is 5.91 Å². The molecule has 0 unspecified atom stereocenters. The number of anilines is 1. The van der Waals surface area contributed by atoms with Gasteiger partial charge in [-0.3, -0.25) is 4.79 Å². The molecule has 0 aliphatic rings. The average molecular weight is 489 g/mol. The van der Waals surface area contributed by atoms with Gasteiger partial charge >= 0.3 is 0 Å². The molecule has 3 aromatic carbocycles. The van der Waals surface area contributed by atoms with E-state index in [4.69, 9.17) is 33.0 Å². The number of nitriles is 1. The molecule has 0 bridgehead atoms. The first-order valence-electron chi connectivity index (χ1n) is 10.2. The van der Waals surface area contributed by atoms with Gasteiger partial charge in [-0.25, -0.2) is 4.68 Å². The summed E-state index contributed by atoms with van der Waals surface area (Å²) in [6.07, 6.45) is 3.28. The van der Waals surface area contributed by atoms with Gasteiger partial charge in [-0.2, -0.15) is 10.4 Å². The van der Waals surface area contributed by atoms with Gasteiger partial charge in [0.25, 0.3) is 5.91 Å². The Morgan fingerprint density at radius 3 is 2.35 bits per heavy atom. The highest BCUT2D eigenvalue weighted by Gasteiger charge is 2.16. The summed E-state index contributed by atoms with van der Waals surface area (Å²) in [6, 6.07) is 23.6. The van der Waals surface area contributed by atoms with E-state index in [1.807, 2.05) is 60.7 Å². The number of benzene rings is 3. The molecule has 4 rings (SSSR count). The number of para-hydroxylation sites is 1. The number of rotatable bonds is 6. The van der Waals surface area contributed by atoms with Crippen molar-refractivity contribution in [2.45, 2.75) is 0 Å². The van der Waals surface area contributed by atoms with E-state index in [0.29, 0.717) is 32.7 Å². The Hall–Kier alpha value is -4.05. The van der Waals surface area contributed by atoms with Gasteiger partial charge < -0.3 is 10.1 Å². The predicted octanol–water partition coefficient (Wildman–Crippen LogP) is 6.40. The van der Waals surface area contributed by atoms with Crippen LogP contribution in [-0.2, 0) is 4.79 Å². The van der Waals surface area contributed by atoms with Crippen LogP contribution in [0.1, 0.15) is 5.56 Å². The van der Waals surface area contributed by atoms with Gasteiger partial charge in [-0.05, 0) is 60.7 Å². The minimum Gasteiger partial charge on any atom is -0.497 e. The number of nitrogens with zero attached hydrogens (tertiary/aromatic N) is 3. The zero-order valence-corrected chi connectivity index (χ0v) is 19.5. The number of amides is 1. The molecule has 1 aromatic heterocycles. The molecule has 8 heteroatoms. The number of ether oxygens (including phenoxy) is 1. The molecule has 0 aliphatic carbocycles. The summed E-state index contributed by atoms with van der Waals surface area (Å²) in [6.45, 7) is 0. The molecule has 34 heavy (non-hydrogen) atoms. The smallest absolute Gasteiger partial charge is 0.266 e. The van der Waals surface area contributed by atoms with E-state index >= 15 is 0 Å². The number of aromatic nitrogens is 2. The quantitative estimate of drug-likeness (QED) is 0.251. The van der Waals surface area contributed by atoms with Crippen LogP contribution in [-0.4, -0.2) is 22.8 Å². The van der Waals surface area contributed by atoms with Crippen molar-refractivity contribution in [3.05, 3.63) is 100 Å². The lowest BCUT2D eigenvalue weighted by atomic mass is 10.1. The first kappa shape index (κ1) is 23.1. The Kier molecular flexibility index (Phi) is 6.98. The number of carbonyl (C=O) groups excluding carboxylic acids is 1. The van der Waals surface area contributed by atoms with Crippen molar-refractivity contribution in [3.63, 3.8) is 0 Å². The van der Waals surface area contributed by atoms with E-state index in [-0.39, 0.29) is 5.57 Å². The molecular formula is C26H18Cl2N4O2. The molecule has 0 fully saturated rings. The minimum atomic E-state index is -0.589. The average Bonchev–Trinajstić information content (AvgIpc) is 3.26. The normalized spacial score (nSPS) is 11.1. The second kappa shape index (κ2) is 10.3. The topological polar surface area (TPSA) is 79.9 Å². The SMILES string of the molecule is COc1ccc(-c2nn(-c3ccccc3)cc2C=C(C#N)C(=O)Nc2cc(Cl)cc(Cl)c2)cc1. The van der Waals surface area contributed by atoms with Crippen LogP contribution < -0.4 is 10.1 Å². The first-order chi connectivity index (χ1) is 16.5. The summed E-state index contributed by atoms with van der Waals surface area (Å²) >= 11 is 12.0. The van der Waals surface area contributed by atoms with Crippen molar-refractivity contribution < 1.29 is 9.53 Å². The summed E-state index contributed by atoms with van der Waals surface area (Å²) in [5, 5.41) is 17.8. The van der Waals surface area contributed by atoms with E-state index in [1.165, 1.54) is 6.08 Å². The molecule has 0 radical (unpaired) electrons. The number of hydrogen-bond acceptors (Lipinski definition) is 4. The molecule has 168 valence electrons. The summed E-state index contributed by atoms with van der Waals surface area (Å²) in [5.74, 6) is 0.120. The van der Waals surface area contributed by atoms with E-state index in [9.17, 15) is 10.1 Å². The zero-order valence-electron chi connectivity index (χ0n) is 18.0. The number of halogens is 2. The molecule has 0 atom stereocenters. The Labute approximate surface area is 206 Å². The van der Waals surface area contributed by atoms with Crippen molar-refractivity contribution in [2.24, 2.45) is 0 Å². The van der Waals surface area contributed by atoms with Crippen molar-refractivity contribution in [1.29, 1.82) is 5.26 Å². The lowest BCUT2D eigenvalue weighted by Crippen LogP contribution is -2.13. The van der Waals surface area contributed by atoms with Crippen LogP contribution in [0.5, 0.6) is 5.75 Å². The Bertz CT molecular complexity index is 1380. The maximum absolute atomic E-state index is 12.8. The van der Waals surface area contributed by atoms with Crippen LogP contribution in [0.4, 0.5) is 5.69 Å². The Balaban J connectivity index is 1.75. The van der Waals surface area contributed by atoms with E-state index in [2.05, 4.69) is 5.32 Å². The van der Waals surface area contributed by atoms with Crippen LogP contribution in [0.15, 0.2) is 84.6 Å². The molecule has 1 heterocycles. The van der Waals surface area contributed by atoms with Gasteiger partial charge in [-0.1, -0.05) is 41.4 Å². The van der Waals surface area contributed by atoms with Crippen LogP contribution in [0.2, 0.25) is 10.0 Å². The Morgan fingerprint density at radius 1 is 1.06 bits per heavy atom. The number of methoxy groups -OCH3 is 1. The van der Waals surface area contributed by atoms with Crippen LogP contribution in [0, 0.1) is 11.3 Å². The fourth-order valence-corrected chi connectivity index (χ4v) is 3.83. The summed E-state index contributed by atoms with van der Waals surface area (Å²) in [4.78, 5) is 12.8. The van der Waals surface area contributed by atoms with Crippen LogP contribution in [0.3, 0.4) is 0 Å². The third-order valence-electron chi connectivity index (χ3n) is 4.91. The maximum atomic E-state index is 12.8. The van der Waals surface area contributed by atoms with Gasteiger partial charge in [0, 0.05) is 33.1 Å². The van der Waals surface area contributed by atoms with E-state index in [1.54, 1.807) is 36.2 Å². The predicted molar refractivity (Wildman–Crippen MR) is 134 cm³/mol. The number of hydrogen-bond donors (Lipinski definition) is 1. The number of nitrogens with one attached hydrogen (secondary N) is 1. The van der Waals surface area contributed by atoms with Crippen molar-refractivity contribution in [1.82, 2.24) is 9.78 Å². The fraction of sp³-hybridized carbons (Fsp3) is 0.0385. The molecule has 1 amide bonds. The fourth-order valence-electron chi connectivity index (χ4n) is 3.31. The molecule has 0 aliphatic heterocycles. The lowest BCUT2D eigenvalue weighted by Gasteiger charge is -2.06. The highest BCUT2D eigenvalue weighted by Crippen LogP contribution is 2.28. The molecular weight excluding hydrogens is 471 g/mol. The van der Waals surface area contributed by atoms with Gasteiger partial charge in [0.15, 0.2) is 0 Å². The second-order valence-electron chi connectivity index (χ2n) is 7.22. The summed E-state index contributed by atoms with van der Waals surface area (Å²) < 4.78 is 6.95.